The van der Waals surface area contributed by atoms with E-state index >= 15 is 0 Å². The predicted octanol–water partition coefficient (Wildman–Crippen LogP) is 1.66. The zero-order chi connectivity index (χ0) is 16.3. The third-order valence-electron chi connectivity index (χ3n) is 3.52. The lowest BCUT2D eigenvalue weighted by Crippen LogP contribution is -2.37. The van der Waals surface area contributed by atoms with Gasteiger partial charge in [-0.05, 0) is 24.5 Å². The molecule has 0 bridgehead atoms. The molecule has 22 heavy (non-hydrogen) atoms. The molecule has 3 N–H and O–H groups in total. The van der Waals surface area contributed by atoms with E-state index in [1.165, 1.54) is 16.3 Å². The molecule has 0 unspecified atom stereocenters. The molecule has 6 heteroatoms. The van der Waals surface area contributed by atoms with Crippen molar-refractivity contribution in [2.24, 2.45) is 5.84 Å². The van der Waals surface area contributed by atoms with Gasteiger partial charge in [-0.2, -0.15) is 5.10 Å². The van der Waals surface area contributed by atoms with Crippen molar-refractivity contribution >= 4 is 5.91 Å². The smallest absolute Gasteiger partial charge is 0.279 e. The number of nitrogens with two attached hydrogens (primary N) is 1. The molecule has 1 aromatic carbocycles. The van der Waals surface area contributed by atoms with Gasteiger partial charge in [0.1, 0.15) is 5.56 Å². The Balaban J connectivity index is 2.55. The number of amides is 1. The topological polar surface area (TPSA) is 90.0 Å². The highest BCUT2D eigenvalue weighted by Crippen LogP contribution is 2.21. The summed E-state index contributed by atoms with van der Waals surface area (Å²) in [6.07, 6.45) is 0. The first kappa shape index (κ1) is 15.9. The van der Waals surface area contributed by atoms with Crippen molar-refractivity contribution in [3.8, 4) is 11.3 Å². The van der Waals surface area contributed by atoms with Gasteiger partial charge >= 0.3 is 0 Å². The van der Waals surface area contributed by atoms with Gasteiger partial charge < -0.3 is 0 Å². The molecule has 0 aliphatic heterocycles. The van der Waals surface area contributed by atoms with Crippen LogP contribution < -0.4 is 16.8 Å². The number of nitrogen functional groups attached to an aromatic ring is 1. The second-order valence-corrected chi connectivity index (χ2v) is 5.31. The van der Waals surface area contributed by atoms with E-state index in [0.29, 0.717) is 18.2 Å². The number of aromatic nitrogens is 2. The summed E-state index contributed by atoms with van der Waals surface area (Å²) < 4.78 is 1.26. The summed E-state index contributed by atoms with van der Waals surface area (Å²) >= 11 is 0. The molecular weight excluding hydrogens is 280 g/mol. The van der Waals surface area contributed by atoms with Crippen LogP contribution in [0.1, 0.15) is 42.6 Å². The lowest BCUT2D eigenvalue weighted by molar-refractivity contribution is 0.0951. The maximum Gasteiger partial charge on any atom is 0.279 e. The average molecular weight is 300 g/mol. The molecule has 0 atom stereocenters. The number of hydrogen-bond donors (Lipinski definition) is 2. The summed E-state index contributed by atoms with van der Waals surface area (Å²) in [5.74, 6) is 4.96. The van der Waals surface area contributed by atoms with Gasteiger partial charge in [-0.3, -0.25) is 15.0 Å². The Kier molecular flexibility index (Phi) is 4.72. The Morgan fingerprint density at radius 3 is 2.45 bits per heavy atom. The molecule has 0 spiro atoms. The summed E-state index contributed by atoms with van der Waals surface area (Å²) in [4.78, 5) is 23.9. The third kappa shape index (κ3) is 3.07. The molecule has 2 aromatic rings. The van der Waals surface area contributed by atoms with Crippen molar-refractivity contribution in [2.75, 3.05) is 0 Å². The number of nitrogens with one attached hydrogen (secondary N) is 1. The normalized spacial score (nSPS) is 10.8. The Bertz CT molecular complexity index is 733. The predicted molar refractivity (Wildman–Crippen MR) is 85.3 cm³/mol. The molecular formula is C16H20N4O2. The Morgan fingerprint density at radius 1 is 1.32 bits per heavy atom. The molecule has 0 saturated carbocycles. The summed E-state index contributed by atoms with van der Waals surface area (Å²) in [7, 11) is 0. The zero-order valence-corrected chi connectivity index (χ0v) is 13.0. The van der Waals surface area contributed by atoms with Crippen molar-refractivity contribution in [3.63, 3.8) is 0 Å². The fourth-order valence-electron chi connectivity index (χ4n) is 2.18. The second-order valence-electron chi connectivity index (χ2n) is 5.31. The maximum absolute atomic E-state index is 12.1. The van der Waals surface area contributed by atoms with Crippen LogP contribution in [0.2, 0.25) is 0 Å². The Morgan fingerprint density at radius 2 is 1.95 bits per heavy atom. The van der Waals surface area contributed by atoms with Gasteiger partial charge in [0.15, 0.2) is 0 Å². The van der Waals surface area contributed by atoms with Gasteiger partial charge in [-0.1, -0.05) is 38.1 Å². The minimum Gasteiger partial charge on any atom is -0.290 e. The third-order valence-corrected chi connectivity index (χ3v) is 3.52. The number of benzene rings is 1. The first-order chi connectivity index (χ1) is 10.5. The van der Waals surface area contributed by atoms with E-state index < -0.39 is 11.5 Å². The minimum absolute atomic E-state index is 0.0118. The molecule has 0 saturated heterocycles. The molecule has 0 radical (unpaired) electrons. The summed E-state index contributed by atoms with van der Waals surface area (Å²) in [6, 6.07) is 9.39. The fourth-order valence-corrected chi connectivity index (χ4v) is 2.18. The summed E-state index contributed by atoms with van der Waals surface area (Å²) in [5, 5.41) is 4.30. The number of carbonyl (C=O) groups excluding carboxylic acids is 1. The lowest BCUT2D eigenvalue weighted by Gasteiger charge is -2.10. The number of rotatable bonds is 4. The van der Waals surface area contributed by atoms with E-state index in [1.807, 2.05) is 29.7 Å². The highest BCUT2D eigenvalue weighted by atomic mass is 16.2. The van der Waals surface area contributed by atoms with Crippen LogP contribution in [0.3, 0.4) is 0 Å². The average Bonchev–Trinajstić information content (AvgIpc) is 2.54. The van der Waals surface area contributed by atoms with E-state index in [0.717, 1.165) is 5.56 Å². The number of hydrazine groups is 1. The van der Waals surface area contributed by atoms with Gasteiger partial charge in [0.05, 0.1) is 5.69 Å². The van der Waals surface area contributed by atoms with Crippen LogP contribution in [-0.4, -0.2) is 15.7 Å². The highest BCUT2D eigenvalue weighted by molar-refractivity contribution is 5.94. The van der Waals surface area contributed by atoms with Crippen LogP contribution in [0.5, 0.6) is 0 Å². The van der Waals surface area contributed by atoms with E-state index in [-0.39, 0.29) is 5.56 Å². The number of aryl methyl sites for hydroxylation is 1. The van der Waals surface area contributed by atoms with Gasteiger partial charge in [0, 0.05) is 12.1 Å². The SMILES string of the molecule is CCn1nc(-c2ccc(C(C)C)cc2)cc(C(=O)NN)c1=O. The summed E-state index contributed by atoms with van der Waals surface area (Å²) in [6.45, 7) is 6.41. The quantitative estimate of drug-likeness (QED) is 0.510. The zero-order valence-electron chi connectivity index (χ0n) is 13.0. The summed E-state index contributed by atoms with van der Waals surface area (Å²) in [5.41, 5.74) is 4.16. The molecule has 0 aliphatic carbocycles. The Hall–Kier alpha value is -2.47. The van der Waals surface area contributed by atoms with E-state index in [4.69, 9.17) is 5.84 Å². The van der Waals surface area contributed by atoms with Crippen LogP contribution >= 0.6 is 0 Å². The lowest BCUT2D eigenvalue weighted by atomic mass is 10.0. The van der Waals surface area contributed by atoms with Crippen LogP contribution in [0.15, 0.2) is 35.1 Å². The number of hydrogen-bond acceptors (Lipinski definition) is 4. The highest BCUT2D eigenvalue weighted by Gasteiger charge is 2.15. The van der Waals surface area contributed by atoms with Crippen molar-refractivity contribution < 1.29 is 4.79 Å². The Labute approximate surface area is 128 Å². The first-order valence-electron chi connectivity index (χ1n) is 7.21. The van der Waals surface area contributed by atoms with Crippen molar-refractivity contribution in [1.82, 2.24) is 15.2 Å². The van der Waals surface area contributed by atoms with E-state index in [1.54, 1.807) is 6.92 Å². The minimum atomic E-state index is -0.616. The van der Waals surface area contributed by atoms with Crippen LogP contribution in [0.25, 0.3) is 11.3 Å². The van der Waals surface area contributed by atoms with Gasteiger partial charge in [0.25, 0.3) is 11.5 Å². The standard InChI is InChI=1S/C16H20N4O2/c1-4-20-16(22)13(15(21)18-17)9-14(19-20)12-7-5-11(6-8-12)10(2)3/h5-10H,4,17H2,1-3H3,(H,18,21). The maximum atomic E-state index is 12.1. The molecule has 1 amide bonds. The van der Waals surface area contributed by atoms with Gasteiger partial charge in [-0.15, -0.1) is 0 Å². The van der Waals surface area contributed by atoms with E-state index in [9.17, 15) is 9.59 Å². The van der Waals surface area contributed by atoms with Crippen LogP contribution in [0, 0.1) is 0 Å². The largest absolute Gasteiger partial charge is 0.290 e. The molecule has 0 fully saturated rings. The second kappa shape index (κ2) is 6.53. The monoisotopic (exact) mass is 300 g/mol. The van der Waals surface area contributed by atoms with Gasteiger partial charge in [0.2, 0.25) is 0 Å². The van der Waals surface area contributed by atoms with Crippen molar-refractivity contribution in [2.45, 2.75) is 33.2 Å². The molecule has 0 aliphatic rings. The number of carbonyl (C=O) groups is 1. The molecule has 1 heterocycles. The number of nitrogens with zero attached hydrogens (tertiary/aromatic N) is 2. The van der Waals surface area contributed by atoms with Crippen LogP contribution in [-0.2, 0) is 6.54 Å². The molecule has 6 nitrogen and oxygen atoms in total. The van der Waals surface area contributed by atoms with Gasteiger partial charge in [-0.25, -0.2) is 10.5 Å². The fraction of sp³-hybridized carbons (Fsp3) is 0.312. The molecule has 116 valence electrons. The molecule has 1 aromatic heterocycles. The van der Waals surface area contributed by atoms with Crippen LogP contribution in [0.4, 0.5) is 0 Å². The van der Waals surface area contributed by atoms with E-state index in [2.05, 4.69) is 18.9 Å². The molecule has 2 rings (SSSR count). The van der Waals surface area contributed by atoms with Crippen molar-refractivity contribution in [3.05, 3.63) is 51.8 Å². The first-order valence-corrected chi connectivity index (χ1v) is 7.21. The van der Waals surface area contributed by atoms with Crippen molar-refractivity contribution in [1.29, 1.82) is 0 Å².